The molecule has 0 aliphatic carbocycles. The van der Waals surface area contributed by atoms with Crippen molar-refractivity contribution in [3.63, 3.8) is 0 Å². The summed E-state index contributed by atoms with van der Waals surface area (Å²) in [5, 5.41) is 12.4. The fourth-order valence-electron chi connectivity index (χ4n) is 2.36. The van der Waals surface area contributed by atoms with Gasteiger partial charge in [0.1, 0.15) is 0 Å². The molecule has 1 fully saturated rings. The molecule has 90 valence electrons. The normalized spacial score (nSPS) is 19.0. The first-order valence-electron chi connectivity index (χ1n) is 5.92. The summed E-state index contributed by atoms with van der Waals surface area (Å²) in [6.45, 7) is 5.24. The molecule has 1 saturated heterocycles. The highest BCUT2D eigenvalue weighted by molar-refractivity contribution is 9.10. The Hall–Kier alpha value is -1.05. The monoisotopic (exact) mass is 293 g/mol. The lowest BCUT2D eigenvalue weighted by molar-refractivity contribution is 0.648. The topological polar surface area (TPSA) is 39.1 Å². The SMILES string of the molecule is CCN(c1cc(Br)cc(C#N)c1)C1CCNC1. The smallest absolute Gasteiger partial charge is 0.0992 e. The minimum absolute atomic E-state index is 0.542. The van der Waals surface area contributed by atoms with Crippen molar-refractivity contribution in [3.8, 4) is 6.07 Å². The molecule has 0 spiro atoms. The molecule has 1 atom stereocenters. The first-order valence-corrected chi connectivity index (χ1v) is 6.72. The highest BCUT2D eigenvalue weighted by Crippen LogP contribution is 2.25. The largest absolute Gasteiger partial charge is 0.367 e. The van der Waals surface area contributed by atoms with Crippen molar-refractivity contribution < 1.29 is 0 Å². The number of halogens is 1. The number of benzene rings is 1. The van der Waals surface area contributed by atoms with Crippen LogP contribution in [-0.4, -0.2) is 25.7 Å². The van der Waals surface area contributed by atoms with Crippen molar-refractivity contribution in [1.82, 2.24) is 5.32 Å². The molecule has 0 bridgehead atoms. The van der Waals surface area contributed by atoms with Crippen LogP contribution in [0, 0.1) is 11.3 Å². The Labute approximate surface area is 111 Å². The van der Waals surface area contributed by atoms with Crippen LogP contribution >= 0.6 is 15.9 Å². The van der Waals surface area contributed by atoms with E-state index in [-0.39, 0.29) is 0 Å². The number of anilines is 1. The molecule has 0 saturated carbocycles. The van der Waals surface area contributed by atoms with Crippen LogP contribution in [-0.2, 0) is 0 Å². The van der Waals surface area contributed by atoms with E-state index in [1.165, 1.54) is 6.42 Å². The number of rotatable bonds is 3. The Morgan fingerprint density at radius 2 is 2.35 bits per heavy atom. The van der Waals surface area contributed by atoms with Gasteiger partial charge in [0, 0.05) is 29.3 Å². The van der Waals surface area contributed by atoms with E-state index in [1.807, 2.05) is 12.1 Å². The molecule has 0 radical (unpaired) electrons. The summed E-state index contributed by atoms with van der Waals surface area (Å²) < 4.78 is 0.968. The van der Waals surface area contributed by atoms with E-state index in [4.69, 9.17) is 5.26 Å². The van der Waals surface area contributed by atoms with E-state index in [2.05, 4.69) is 45.2 Å². The summed E-state index contributed by atoms with van der Waals surface area (Å²) in [5.74, 6) is 0. The first kappa shape index (κ1) is 12.4. The second-order valence-electron chi connectivity index (χ2n) is 4.24. The highest BCUT2D eigenvalue weighted by Gasteiger charge is 2.21. The number of likely N-dealkylation sites (N-methyl/N-ethyl adjacent to an activating group) is 1. The third-order valence-electron chi connectivity index (χ3n) is 3.16. The van der Waals surface area contributed by atoms with Crippen LogP contribution in [0.2, 0.25) is 0 Å². The van der Waals surface area contributed by atoms with Crippen LogP contribution in [0.1, 0.15) is 18.9 Å². The second kappa shape index (κ2) is 5.52. The first-order chi connectivity index (χ1) is 8.24. The van der Waals surface area contributed by atoms with Crippen LogP contribution < -0.4 is 10.2 Å². The minimum Gasteiger partial charge on any atom is -0.367 e. The minimum atomic E-state index is 0.542. The van der Waals surface area contributed by atoms with Crippen molar-refractivity contribution in [2.75, 3.05) is 24.5 Å². The summed E-state index contributed by atoms with van der Waals surface area (Å²) >= 11 is 3.47. The third-order valence-corrected chi connectivity index (χ3v) is 3.62. The van der Waals surface area contributed by atoms with E-state index in [0.717, 1.165) is 29.8 Å². The fraction of sp³-hybridized carbons (Fsp3) is 0.462. The van der Waals surface area contributed by atoms with Crippen molar-refractivity contribution >= 4 is 21.6 Å². The standard InChI is InChI=1S/C13H16BrN3/c1-2-17(12-3-4-16-9-12)13-6-10(8-15)5-11(14)7-13/h5-7,12,16H,2-4,9H2,1H3. The Kier molecular flexibility index (Phi) is 4.03. The fourth-order valence-corrected chi connectivity index (χ4v) is 2.84. The number of nitrogens with zero attached hydrogens (tertiary/aromatic N) is 2. The summed E-state index contributed by atoms with van der Waals surface area (Å²) in [6.07, 6.45) is 1.17. The molecule has 0 aromatic heterocycles. The van der Waals surface area contributed by atoms with Crippen molar-refractivity contribution in [3.05, 3.63) is 28.2 Å². The molecule has 1 aromatic carbocycles. The van der Waals surface area contributed by atoms with Crippen molar-refractivity contribution in [1.29, 1.82) is 5.26 Å². The van der Waals surface area contributed by atoms with Crippen molar-refractivity contribution in [2.45, 2.75) is 19.4 Å². The molecule has 0 amide bonds. The Bertz CT molecular complexity index is 433. The maximum absolute atomic E-state index is 9.00. The average molecular weight is 294 g/mol. The van der Waals surface area contributed by atoms with Gasteiger partial charge >= 0.3 is 0 Å². The van der Waals surface area contributed by atoms with Gasteiger partial charge in [0.05, 0.1) is 11.6 Å². The number of hydrogen-bond acceptors (Lipinski definition) is 3. The van der Waals surface area contributed by atoms with E-state index in [9.17, 15) is 0 Å². The summed E-state index contributed by atoms with van der Waals surface area (Å²) in [5.41, 5.74) is 1.84. The predicted molar refractivity (Wildman–Crippen MR) is 73.2 cm³/mol. The quantitative estimate of drug-likeness (QED) is 0.931. The second-order valence-corrected chi connectivity index (χ2v) is 5.16. The number of nitrogens with one attached hydrogen (secondary N) is 1. The Morgan fingerprint density at radius 3 is 2.94 bits per heavy atom. The lowest BCUT2D eigenvalue weighted by atomic mass is 10.1. The molecule has 1 unspecified atom stereocenters. The van der Waals surface area contributed by atoms with Crippen LogP contribution in [0.3, 0.4) is 0 Å². The Balaban J connectivity index is 2.30. The molecule has 1 N–H and O–H groups in total. The van der Waals surface area contributed by atoms with Gasteiger partial charge in [-0.1, -0.05) is 15.9 Å². The maximum atomic E-state index is 9.00. The molecule has 3 nitrogen and oxygen atoms in total. The highest BCUT2D eigenvalue weighted by atomic mass is 79.9. The zero-order chi connectivity index (χ0) is 12.3. The molecule has 1 aliphatic rings. The number of hydrogen-bond donors (Lipinski definition) is 1. The summed E-state index contributed by atoms with van der Waals surface area (Å²) in [4.78, 5) is 2.37. The van der Waals surface area contributed by atoms with Crippen LogP contribution in [0.5, 0.6) is 0 Å². The zero-order valence-corrected chi connectivity index (χ0v) is 11.5. The van der Waals surface area contributed by atoms with Gasteiger partial charge in [-0.25, -0.2) is 0 Å². The molecule has 1 aliphatic heterocycles. The van der Waals surface area contributed by atoms with Gasteiger partial charge in [0.15, 0.2) is 0 Å². The predicted octanol–water partition coefficient (Wildman–Crippen LogP) is 2.51. The average Bonchev–Trinajstić information content (AvgIpc) is 2.83. The van der Waals surface area contributed by atoms with Gasteiger partial charge in [-0.2, -0.15) is 5.26 Å². The Morgan fingerprint density at radius 1 is 1.53 bits per heavy atom. The molecule has 1 heterocycles. The molecule has 17 heavy (non-hydrogen) atoms. The summed E-state index contributed by atoms with van der Waals surface area (Å²) in [7, 11) is 0. The molecular formula is C13H16BrN3. The maximum Gasteiger partial charge on any atom is 0.0992 e. The van der Waals surface area contributed by atoms with Gasteiger partial charge in [-0.05, 0) is 38.1 Å². The molecule has 4 heteroatoms. The lowest BCUT2D eigenvalue weighted by Gasteiger charge is -2.29. The van der Waals surface area contributed by atoms with Gasteiger partial charge in [0.25, 0.3) is 0 Å². The van der Waals surface area contributed by atoms with Crippen molar-refractivity contribution in [2.24, 2.45) is 0 Å². The molecule has 2 rings (SSSR count). The lowest BCUT2D eigenvalue weighted by Crippen LogP contribution is -2.36. The van der Waals surface area contributed by atoms with Crippen LogP contribution in [0.15, 0.2) is 22.7 Å². The van der Waals surface area contributed by atoms with Gasteiger partial charge < -0.3 is 10.2 Å². The zero-order valence-electron chi connectivity index (χ0n) is 9.91. The summed E-state index contributed by atoms with van der Waals surface area (Å²) in [6, 6.07) is 8.65. The number of nitriles is 1. The van der Waals surface area contributed by atoms with Crippen LogP contribution in [0.4, 0.5) is 5.69 Å². The van der Waals surface area contributed by atoms with Gasteiger partial charge in [-0.15, -0.1) is 0 Å². The molecule has 1 aromatic rings. The van der Waals surface area contributed by atoms with E-state index in [0.29, 0.717) is 11.6 Å². The van der Waals surface area contributed by atoms with E-state index < -0.39 is 0 Å². The van der Waals surface area contributed by atoms with E-state index >= 15 is 0 Å². The van der Waals surface area contributed by atoms with Gasteiger partial charge in [0.2, 0.25) is 0 Å². The van der Waals surface area contributed by atoms with Gasteiger partial charge in [-0.3, -0.25) is 0 Å². The molecular weight excluding hydrogens is 278 g/mol. The van der Waals surface area contributed by atoms with Crippen LogP contribution in [0.25, 0.3) is 0 Å². The third kappa shape index (κ3) is 2.80. The van der Waals surface area contributed by atoms with E-state index in [1.54, 1.807) is 0 Å².